The lowest BCUT2D eigenvalue weighted by Crippen LogP contribution is -1.98. The average Bonchev–Trinajstić information content (AvgIpc) is 2.22. The van der Waals surface area contributed by atoms with Gasteiger partial charge in [0, 0.05) is 11.6 Å². The summed E-state index contributed by atoms with van der Waals surface area (Å²) in [6, 6.07) is 0. The Morgan fingerprint density at radius 1 is 1.23 bits per heavy atom. The van der Waals surface area contributed by atoms with Crippen molar-refractivity contribution < 1.29 is 0 Å². The normalized spacial score (nSPS) is 24.7. The highest BCUT2D eigenvalue weighted by Crippen LogP contribution is 2.37. The number of hydrogen-bond donors (Lipinski definition) is 1. The predicted molar refractivity (Wildman–Crippen MR) is 58.2 cm³/mol. The summed E-state index contributed by atoms with van der Waals surface area (Å²) < 4.78 is 0. The van der Waals surface area contributed by atoms with Gasteiger partial charge >= 0.3 is 0 Å². The molecule has 0 aromatic rings. The van der Waals surface area contributed by atoms with Gasteiger partial charge in [-0.2, -0.15) is 0 Å². The van der Waals surface area contributed by atoms with Gasteiger partial charge in [0.25, 0.3) is 0 Å². The Hall–Kier alpha value is -0.980. The zero-order valence-corrected chi connectivity index (χ0v) is 9.23. The smallest absolute Gasteiger partial charge is 0.00519 e. The summed E-state index contributed by atoms with van der Waals surface area (Å²) in [6.07, 6.45) is 2.10. The van der Waals surface area contributed by atoms with Gasteiger partial charge in [0.1, 0.15) is 0 Å². The summed E-state index contributed by atoms with van der Waals surface area (Å²) >= 11 is 0. The molecular formula is C12H19N. The van der Waals surface area contributed by atoms with Gasteiger partial charge in [-0.05, 0) is 50.5 Å². The lowest BCUT2D eigenvalue weighted by Gasteiger charge is -2.08. The largest absolute Gasteiger partial charge is 0.402 e. The highest BCUT2D eigenvalue weighted by molar-refractivity contribution is 5.51. The van der Waals surface area contributed by atoms with Crippen molar-refractivity contribution in [3.63, 3.8) is 0 Å². The van der Waals surface area contributed by atoms with E-state index in [0.717, 1.165) is 5.70 Å². The van der Waals surface area contributed by atoms with E-state index < -0.39 is 0 Å². The van der Waals surface area contributed by atoms with Gasteiger partial charge in [-0.15, -0.1) is 0 Å². The summed E-state index contributed by atoms with van der Waals surface area (Å²) in [5, 5.41) is 0. The van der Waals surface area contributed by atoms with E-state index >= 15 is 0 Å². The highest BCUT2D eigenvalue weighted by atomic mass is 14.5. The molecule has 1 nitrogen and oxygen atoms in total. The van der Waals surface area contributed by atoms with E-state index in [-0.39, 0.29) is 0 Å². The average molecular weight is 177 g/mol. The summed E-state index contributed by atoms with van der Waals surface area (Å²) in [5.74, 6) is 0.540. The highest BCUT2D eigenvalue weighted by Gasteiger charge is 2.21. The fourth-order valence-corrected chi connectivity index (χ4v) is 1.87. The van der Waals surface area contributed by atoms with Crippen LogP contribution in [0.1, 0.15) is 34.6 Å². The fourth-order valence-electron chi connectivity index (χ4n) is 1.87. The van der Waals surface area contributed by atoms with Crippen molar-refractivity contribution in [2.24, 2.45) is 11.7 Å². The zero-order valence-electron chi connectivity index (χ0n) is 9.23. The topological polar surface area (TPSA) is 26.0 Å². The molecule has 1 aliphatic carbocycles. The monoisotopic (exact) mass is 177 g/mol. The molecule has 1 atom stereocenters. The van der Waals surface area contributed by atoms with Crippen molar-refractivity contribution in [2.45, 2.75) is 34.6 Å². The van der Waals surface area contributed by atoms with Gasteiger partial charge in [0.2, 0.25) is 0 Å². The van der Waals surface area contributed by atoms with Crippen LogP contribution in [0.25, 0.3) is 0 Å². The maximum absolute atomic E-state index is 5.70. The number of hydrogen-bond acceptors (Lipinski definition) is 1. The van der Waals surface area contributed by atoms with Crippen LogP contribution in [0, 0.1) is 5.92 Å². The third-order valence-electron chi connectivity index (χ3n) is 3.09. The Kier molecular flexibility index (Phi) is 2.65. The lowest BCUT2D eigenvalue weighted by molar-refractivity contribution is 0.834. The van der Waals surface area contributed by atoms with Gasteiger partial charge in [0.15, 0.2) is 0 Å². The van der Waals surface area contributed by atoms with Crippen LogP contribution in [-0.4, -0.2) is 0 Å². The molecule has 0 heterocycles. The minimum Gasteiger partial charge on any atom is -0.402 e. The quantitative estimate of drug-likeness (QED) is 0.654. The first-order chi connectivity index (χ1) is 5.95. The molecule has 0 spiro atoms. The van der Waals surface area contributed by atoms with Crippen molar-refractivity contribution in [2.75, 3.05) is 0 Å². The summed E-state index contributed by atoms with van der Waals surface area (Å²) in [4.78, 5) is 0. The third-order valence-corrected chi connectivity index (χ3v) is 3.09. The molecule has 0 saturated heterocycles. The van der Waals surface area contributed by atoms with Gasteiger partial charge in [-0.25, -0.2) is 0 Å². The lowest BCUT2D eigenvalue weighted by atomic mass is 9.97. The van der Waals surface area contributed by atoms with Crippen molar-refractivity contribution in [1.29, 1.82) is 0 Å². The van der Waals surface area contributed by atoms with Crippen LogP contribution in [0.5, 0.6) is 0 Å². The summed E-state index contributed by atoms with van der Waals surface area (Å²) in [7, 11) is 0. The predicted octanol–water partition coefficient (Wildman–Crippen LogP) is 3.15. The molecule has 72 valence electrons. The first-order valence-corrected chi connectivity index (χ1v) is 4.77. The molecule has 1 rings (SSSR count). The molecule has 0 amide bonds. The Morgan fingerprint density at radius 3 is 2.08 bits per heavy atom. The standard InChI is InChI=1S/C12H19N/c1-7(13)6-12-10(4)8(2)9(3)11(12)5/h6,10H,13H2,1-5H3/b7-6+. The summed E-state index contributed by atoms with van der Waals surface area (Å²) in [6.45, 7) is 10.8. The number of allylic oxidation sites excluding steroid dienone is 6. The van der Waals surface area contributed by atoms with Gasteiger partial charge in [-0.1, -0.05) is 12.5 Å². The zero-order chi connectivity index (χ0) is 10.2. The summed E-state index contributed by atoms with van der Waals surface area (Å²) in [5.41, 5.74) is 12.3. The molecule has 0 aliphatic heterocycles. The van der Waals surface area contributed by atoms with E-state index in [1.54, 1.807) is 0 Å². The Morgan fingerprint density at radius 2 is 1.77 bits per heavy atom. The molecule has 0 aromatic heterocycles. The molecule has 0 radical (unpaired) electrons. The second-order valence-electron chi connectivity index (χ2n) is 4.00. The van der Waals surface area contributed by atoms with Crippen molar-refractivity contribution in [1.82, 2.24) is 0 Å². The van der Waals surface area contributed by atoms with Crippen LogP contribution in [-0.2, 0) is 0 Å². The van der Waals surface area contributed by atoms with E-state index in [4.69, 9.17) is 5.73 Å². The van der Waals surface area contributed by atoms with Crippen LogP contribution < -0.4 is 5.73 Å². The van der Waals surface area contributed by atoms with E-state index in [0.29, 0.717) is 5.92 Å². The second-order valence-corrected chi connectivity index (χ2v) is 4.00. The number of rotatable bonds is 1. The minimum absolute atomic E-state index is 0.540. The first kappa shape index (κ1) is 10.1. The van der Waals surface area contributed by atoms with Crippen molar-refractivity contribution in [3.8, 4) is 0 Å². The maximum atomic E-state index is 5.70. The SMILES string of the molecule is CC1=C(C)C(C)C(/C=C(\C)N)=C1C. The molecule has 0 bridgehead atoms. The van der Waals surface area contributed by atoms with Crippen LogP contribution in [0.4, 0.5) is 0 Å². The fraction of sp³-hybridized carbons (Fsp3) is 0.500. The Labute approximate surface area is 81.0 Å². The van der Waals surface area contributed by atoms with Crippen LogP contribution >= 0.6 is 0 Å². The van der Waals surface area contributed by atoms with Crippen LogP contribution in [0.15, 0.2) is 34.1 Å². The molecule has 2 N–H and O–H groups in total. The molecule has 0 saturated carbocycles. The molecule has 1 heteroatoms. The minimum atomic E-state index is 0.540. The maximum Gasteiger partial charge on any atom is 0.00519 e. The second kappa shape index (κ2) is 3.41. The van der Waals surface area contributed by atoms with E-state index in [2.05, 4.69) is 33.8 Å². The van der Waals surface area contributed by atoms with Gasteiger partial charge < -0.3 is 5.73 Å². The van der Waals surface area contributed by atoms with Crippen molar-refractivity contribution in [3.05, 3.63) is 34.1 Å². The first-order valence-electron chi connectivity index (χ1n) is 4.77. The molecular weight excluding hydrogens is 158 g/mol. The Bertz CT molecular complexity index is 312. The van der Waals surface area contributed by atoms with E-state index in [1.165, 1.54) is 22.3 Å². The van der Waals surface area contributed by atoms with Crippen LogP contribution in [0.3, 0.4) is 0 Å². The van der Waals surface area contributed by atoms with E-state index in [1.807, 2.05) is 6.92 Å². The molecule has 1 unspecified atom stereocenters. The molecule has 13 heavy (non-hydrogen) atoms. The van der Waals surface area contributed by atoms with Crippen LogP contribution in [0.2, 0.25) is 0 Å². The Balaban J connectivity index is 3.11. The molecule has 0 fully saturated rings. The third kappa shape index (κ3) is 1.69. The van der Waals surface area contributed by atoms with Crippen molar-refractivity contribution >= 4 is 0 Å². The van der Waals surface area contributed by atoms with E-state index in [9.17, 15) is 0 Å². The van der Waals surface area contributed by atoms with Gasteiger partial charge in [0.05, 0.1) is 0 Å². The molecule has 1 aliphatic rings. The molecule has 0 aromatic carbocycles. The number of nitrogens with two attached hydrogens (primary N) is 1. The van der Waals surface area contributed by atoms with Gasteiger partial charge in [-0.3, -0.25) is 0 Å².